The Hall–Kier alpha value is -2.85. The maximum absolute atomic E-state index is 12.7. The summed E-state index contributed by atoms with van der Waals surface area (Å²) in [5, 5.41) is 12.6. The summed E-state index contributed by atoms with van der Waals surface area (Å²) in [7, 11) is 0. The average Bonchev–Trinajstić information content (AvgIpc) is 3.36. The minimum absolute atomic E-state index is 0.150. The first-order valence-electron chi connectivity index (χ1n) is 10.9. The summed E-state index contributed by atoms with van der Waals surface area (Å²) in [6.45, 7) is 4.96. The molecule has 0 fully saturated rings. The van der Waals surface area contributed by atoms with E-state index in [0.29, 0.717) is 34.7 Å². The van der Waals surface area contributed by atoms with Gasteiger partial charge in [-0.2, -0.15) is 0 Å². The lowest BCUT2D eigenvalue weighted by molar-refractivity contribution is -0.113. The molecule has 1 aliphatic carbocycles. The Kier molecular flexibility index (Phi) is 7.34. The molecule has 2 amide bonds. The van der Waals surface area contributed by atoms with Gasteiger partial charge in [0.1, 0.15) is 17.4 Å². The fourth-order valence-corrected chi connectivity index (χ4v) is 6.04. The first-order valence-corrected chi connectivity index (χ1v) is 12.7. The predicted octanol–water partition coefficient (Wildman–Crippen LogP) is 3.96. The average molecular weight is 486 g/mol. The molecule has 0 unspecified atom stereocenters. The Labute approximate surface area is 200 Å². The van der Waals surface area contributed by atoms with Crippen molar-refractivity contribution in [3.63, 3.8) is 0 Å². The zero-order chi connectivity index (χ0) is 23.4. The molecular weight excluding hydrogens is 458 g/mol. The standard InChI is InChI=1S/C23H27N5O3S2/c1-3-28-18(12-31-15-8-6-7-14(2)11-15)26-27-23(28)32-13-19(29)25-22-20(21(24)30)16-9-4-5-10-17(16)33-22/h6-8,11H,3-5,9-10,12-13H2,1-2H3,(H2,24,30)(H,25,29). The number of nitrogens with zero attached hydrogens (tertiary/aromatic N) is 3. The van der Waals surface area contributed by atoms with Crippen LogP contribution < -0.4 is 15.8 Å². The van der Waals surface area contributed by atoms with Gasteiger partial charge in [0.15, 0.2) is 11.0 Å². The normalized spacial score (nSPS) is 12.9. The minimum Gasteiger partial charge on any atom is -0.486 e. The molecule has 0 bridgehead atoms. The minimum atomic E-state index is -0.485. The van der Waals surface area contributed by atoms with E-state index in [9.17, 15) is 9.59 Å². The third kappa shape index (κ3) is 5.39. The van der Waals surface area contributed by atoms with E-state index in [-0.39, 0.29) is 11.7 Å². The summed E-state index contributed by atoms with van der Waals surface area (Å²) in [6, 6.07) is 7.83. The van der Waals surface area contributed by atoms with Gasteiger partial charge in [0.2, 0.25) is 5.91 Å². The Morgan fingerprint density at radius 1 is 1.27 bits per heavy atom. The molecule has 0 saturated carbocycles. The van der Waals surface area contributed by atoms with Gasteiger partial charge in [-0.05, 0) is 62.8 Å². The van der Waals surface area contributed by atoms with Gasteiger partial charge < -0.3 is 20.4 Å². The van der Waals surface area contributed by atoms with Crippen molar-refractivity contribution in [3.05, 3.63) is 51.7 Å². The molecule has 2 heterocycles. The number of nitrogens with two attached hydrogens (primary N) is 1. The number of thioether (sulfide) groups is 1. The number of aromatic nitrogens is 3. The van der Waals surface area contributed by atoms with Gasteiger partial charge in [0, 0.05) is 11.4 Å². The van der Waals surface area contributed by atoms with E-state index < -0.39 is 5.91 Å². The number of hydrogen-bond donors (Lipinski definition) is 2. The zero-order valence-electron chi connectivity index (χ0n) is 18.7. The summed E-state index contributed by atoms with van der Waals surface area (Å²) < 4.78 is 7.79. The molecule has 0 spiro atoms. The molecule has 0 saturated heterocycles. The zero-order valence-corrected chi connectivity index (χ0v) is 20.4. The fourth-order valence-electron chi connectivity index (χ4n) is 3.91. The lowest BCUT2D eigenvalue weighted by Gasteiger charge is -2.11. The van der Waals surface area contributed by atoms with Gasteiger partial charge in [-0.3, -0.25) is 9.59 Å². The molecule has 3 N–H and O–H groups in total. The van der Waals surface area contributed by atoms with E-state index in [0.717, 1.165) is 47.4 Å². The van der Waals surface area contributed by atoms with Crippen LogP contribution in [0.5, 0.6) is 5.75 Å². The van der Waals surface area contributed by atoms with E-state index in [1.807, 2.05) is 42.7 Å². The van der Waals surface area contributed by atoms with E-state index in [2.05, 4.69) is 15.5 Å². The molecule has 10 heteroatoms. The van der Waals surface area contributed by atoms with E-state index in [1.54, 1.807) is 0 Å². The number of thiophene rings is 1. The molecule has 4 rings (SSSR count). The van der Waals surface area contributed by atoms with Crippen LogP contribution in [0.3, 0.4) is 0 Å². The molecule has 0 radical (unpaired) electrons. The molecule has 8 nitrogen and oxygen atoms in total. The number of carbonyl (C=O) groups excluding carboxylic acids is 2. The van der Waals surface area contributed by atoms with Crippen molar-refractivity contribution in [2.75, 3.05) is 11.1 Å². The Morgan fingerprint density at radius 2 is 2.09 bits per heavy atom. The molecule has 0 aliphatic heterocycles. The van der Waals surface area contributed by atoms with Crippen LogP contribution in [0.1, 0.15) is 52.0 Å². The second-order valence-electron chi connectivity index (χ2n) is 7.86. The number of nitrogens with one attached hydrogen (secondary N) is 1. The quantitative estimate of drug-likeness (QED) is 0.444. The SMILES string of the molecule is CCn1c(COc2cccc(C)c2)nnc1SCC(=O)Nc1sc2c(c1C(N)=O)CCCC2. The van der Waals surface area contributed by atoms with Crippen LogP contribution >= 0.6 is 23.1 Å². The summed E-state index contributed by atoms with van der Waals surface area (Å²) in [4.78, 5) is 25.8. The third-order valence-electron chi connectivity index (χ3n) is 5.47. The number of carbonyl (C=O) groups is 2. The number of primary amides is 1. The lowest BCUT2D eigenvalue weighted by atomic mass is 9.95. The van der Waals surface area contributed by atoms with Crippen molar-refractivity contribution < 1.29 is 14.3 Å². The lowest BCUT2D eigenvalue weighted by Crippen LogP contribution is -2.19. The second-order valence-corrected chi connectivity index (χ2v) is 9.91. The number of aryl methyl sites for hydroxylation is 2. The molecule has 2 aromatic heterocycles. The largest absolute Gasteiger partial charge is 0.486 e. The highest BCUT2D eigenvalue weighted by atomic mass is 32.2. The highest BCUT2D eigenvalue weighted by Crippen LogP contribution is 2.38. The van der Waals surface area contributed by atoms with E-state index >= 15 is 0 Å². The summed E-state index contributed by atoms with van der Waals surface area (Å²) in [5.74, 6) is 0.935. The third-order valence-corrected chi connectivity index (χ3v) is 7.64. The smallest absolute Gasteiger partial charge is 0.251 e. The maximum atomic E-state index is 12.7. The molecule has 1 aliphatic rings. The van der Waals surface area contributed by atoms with Gasteiger partial charge in [0.25, 0.3) is 5.91 Å². The van der Waals surface area contributed by atoms with E-state index in [4.69, 9.17) is 10.5 Å². The highest BCUT2D eigenvalue weighted by molar-refractivity contribution is 7.99. The van der Waals surface area contributed by atoms with E-state index in [1.165, 1.54) is 23.1 Å². The number of amides is 2. The van der Waals surface area contributed by atoms with Crippen LogP contribution in [-0.2, 0) is 30.8 Å². The van der Waals surface area contributed by atoms with Gasteiger partial charge in [-0.25, -0.2) is 0 Å². The van der Waals surface area contributed by atoms with Gasteiger partial charge in [-0.15, -0.1) is 21.5 Å². The van der Waals surface area contributed by atoms with Crippen molar-refractivity contribution in [1.29, 1.82) is 0 Å². The number of fused-ring (bicyclic) bond motifs is 1. The maximum Gasteiger partial charge on any atom is 0.251 e. The first-order chi connectivity index (χ1) is 16.0. The number of ether oxygens (including phenoxy) is 1. The predicted molar refractivity (Wildman–Crippen MR) is 130 cm³/mol. The monoisotopic (exact) mass is 485 g/mol. The van der Waals surface area contributed by atoms with Crippen LogP contribution in [0.2, 0.25) is 0 Å². The Balaban J connectivity index is 1.39. The van der Waals surface area contributed by atoms with Gasteiger partial charge in [-0.1, -0.05) is 23.9 Å². The van der Waals surface area contributed by atoms with Crippen LogP contribution in [-0.4, -0.2) is 32.3 Å². The molecular formula is C23H27N5O3S2. The Morgan fingerprint density at radius 3 is 2.85 bits per heavy atom. The van der Waals surface area contributed by atoms with Crippen LogP contribution in [0, 0.1) is 6.92 Å². The van der Waals surface area contributed by atoms with Crippen LogP contribution in [0.25, 0.3) is 0 Å². The van der Waals surface area contributed by atoms with Crippen LogP contribution in [0.15, 0.2) is 29.4 Å². The van der Waals surface area contributed by atoms with Crippen LogP contribution in [0.4, 0.5) is 5.00 Å². The van der Waals surface area contributed by atoms with Crippen molar-refractivity contribution in [1.82, 2.24) is 14.8 Å². The molecule has 3 aromatic rings. The molecule has 174 valence electrons. The summed E-state index contributed by atoms with van der Waals surface area (Å²) >= 11 is 2.77. The number of anilines is 1. The Bertz CT molecular complexity index is 1170. The molecule has 33 heavy (non-hydrogen) atoms. The van der Waals surface area contributed by atoms with Gasteiger partial charge >= 0.3 is 0 Å². The number of hydrogen-bond acceptors (Lipinski definition) is 7. The number of benzene rings is 1. The second kappa shape index (κ2) is 10.4. The fraction of sp³-hybridized carbons (Fsp3) is 0.391. The van der Waals surface area contributed by atoms with Crippen molar-refractivity contribution in [2.24, 2.45) is 5.73 Å². The van der Waals surface area contributed by atoms with Gasteiger partial charge in [0.05, 0.1) is 11.3 Å². The molecule has 0 atom stereocenters. The van der Waals surface area contributed by atoms with Crippen molar-refractivity contribution in [2.45, 2.75) is 57.8 Å². The molecule has 1 aromatic carbocycles. The topological polar surface area (TPSA) is 112 Å². The first kappa shape index (κ1) is 23.3. The highest BCUT2D eigenvalue weighted by Gasteiger charge is 2.25. The van der Waals surface area contributed by atoms with Crippen molar-refractivity contribution in [3.8, 4) is 5.75 Å². The van der Waals surface area contributed by atoms with Crippen molar-refractivity contribution >= 4 is 39.9 Å². The summed E-state index contributed by atoms with van der Waals surface area (Å²) in [5.41, 5.74) is 8.22. The number of rotatable bonds is 9. The summed E-state index contributed by atoms with van der Waals surface area (Å²) in [6.07, 6.45) is 3.90.